The molecule has 0 spiro atoms. The van der Waals surface area contributed by atoms with E-state index in [1.165, 1.54) is 4.31 Å². The first kappa shape index (κ1) is 15.1. The molecular formula is C12H21N3O2S. The van der Waals surface area contributed by atoms with Gasteiger partial charge in [0.15, 0.2) is 0 Å². The Labute approximate surface area is 109 Å². The molecule has 0 aliphatic rings. The van der Waals surface area contributed by atoms with Crippen molar-refractivity contribution in [2.75, 3.05) is 6.54 Å². The van der Waals surface area contributed by atoms with Crippen molar-refractivity contribution in [1.82, 2.24) is 9.29 Å². The Morgan fingerprint density at radius 3 is 2.61 bits per heavy atom. The molecule has 0 amide bonds. The Bertz CT molecular complexity index is 486. The third-order valence-corrected chi connectivity index (χ3v) is 4.80. The highest BCUT2D eigenvalue weighted by molar-refractivity contribution is 7.89. The Balaban J connectivity index is 3.26. The van der Waals surface area contributed by atoms with Gasteiger partial charge >= 0.3 is 0 Å². The van der Waals surface area contributed by atoms with Crippen LogP contribution in [0.5, 0.6) is 0 Å². The summed E-state index contributed by atoms with van der Waals surface area (Å²) < 4.78 is 26.6. The molecular weight excluding hydrogens is 250 g/mol. The summed E-state index contributed by atoms with van der Waals surface area (Å²) in [5, 5.41) is 0. The number of hydrogen-bond donors (Lipinski definition) is 1. The summed E-state index contributed by atoms with van der Waals surface area (Å²) in [6.45, 7) is 6.31. The topological polar surface area (TPSA) is 76.3 Å². The molecule has 0 atom stereocenters. The average Bonchev–Trinajstić information content (AvgIpc) is 2.35. The molecule has 18 heavy (non-hydrogen) atoms. The SMILES string of the molecule is CCCN(C(C)C)S(=O)(=O)c1cccnc1CN. The van der Waals surface area contributed by atoms with Crippen molar-refractivity contribution in [2.45, 2.75) is 44.7 Å². The number of rotatable bonds is 6. The van der Waals surface area contributed by atoms with E-state index in [4.69, 9.17) is 5.73 Å². The minimum Gasteiger partial charge on any atom is -0.325 e. The van der Waals surface area contributed by atoms with E-state index < -0.39 is 10.0 Å². The zero-order valence-corrected chi connectivity index (χ0v) is 11.9. The van der Waals surface area contributed by atoms with Crippen LogP contribution in [0.3, 0.4) is 0 Å². The quantitative estimate of drug-likeness (QED) is 0.847. The van der Waals surface area contributed by atoms with E-state index in [2.05, 4.69) is 4.98 Å². The number of pyridine rings is 1. The Hall–Kier alpha value is -0.980. The highest BCUT2D eigenvalue weighted by atomic mass is 32.2. The van der Waals surface area contributed by atoms with Crippen molar-refractivity contribution in [1.29, 1.82) is 0 Å². The van der Waals surface area contributed by atoms with Crippen LogP contribution >= 0.6 is 0 Å². The average molecular weight is 271 g/mol. The number of nitrogens with zero attached hydrogens (tertiary/aromatic N) is 2. The van der Waals surface area contributed by atoms with Crippen LogP contribution in [0.25, 0.3) is 0 Å². The van der Waals surface area contributed by atoms with Gasteiger partial charge in [0.25, 0.3) is 0 Å². The highest BCUT2D eigenvalue weighted by Gasteiger charge is 2.28. The number of sulfonamides is 1. The number of aromatic nitrogens is 1. The number of nitrogens with two attached hydrogens (primary N) is 1. The monoisotopic (exact) mass is 271 g/mol. The van der Waals surface area contributed by atoms with Gasteiger partial charge in [-0.25, -0.2) is 8.42 Å². The van der Waals surface area contributed by atoms with Gasteiger partial charge < -0.3 is 5.73 Å². The van der Waals surface area contributed by atoms with E-state index in [1.807, 2.05) is 20.8 Å². The van der Waals surface area contributed by atoms with Crippen LogP contribution in [0.1, 0.15) is 32.9 Å². The maximum absolute atomic E-state index is 12.6. The second-order valence-corrected chi connectivity index (χ2v) is 6.22. The fourth-order valence-electron chi connectivity index (χ4n) is 1.81. The van der Waals surface area contributed by atoms with Gasteiger partial charge in [-0.2, -0.15) is 4.31 Å². The summed E-state index contributed by atoms with van der Waals surface area (Å²) in [6, 6.07) is 3.10. The van der Waals surface area contributed by atoms with E-state index >= 15 is 0 Å². The molecule has 2 N–H and O–H groups in total. The van der Waals surface area contributed by atoms with Crippen LogP contribution in [0, 0.1) is 0 Å². The van der Waals surface area contributed by atoms with Crippen molar-refractivity contribution in [3.8, 4) is 0 Å². The van der Waals surface area contributed by atoms with Crippen LogP contribution < -0.4 is 5.73 Å². The normalized spacial score (nSPS) is 12.3. The second kappa shape index (κ2) is 6.26. The third kappa shape index (κ3) is 3.07. The molecule has 102 valence electrons. The highest BCUT2D eigenvalue weighted by Crippen LogP contribution is 2.20. The standard InChI is InChI=1S/C12H21N3O2S/c1-4-8-15(10(2)3)18(16,17)12-6-5-7-14-11(12)9-13/h5-7,10H,4,8-9,13H2,1-3H3. The van der Waals surface area contributed by atoms with Crippen molar-refractivity contribution in [3.63, 3.8) is 0 Å². The Kier molecular flexibility index (Phi) is 5.25. The maximum atomic E-state index is 12.6. The van der Waals surface area contributed by atoms with Crippen LogP contribution in [-0.4, -0.2) is 30.3 Å². The zero-order chi connectivity index (χ0) is 13.8. The first-order valence-corrected chi connectivity index (χ1v) is 7.55. The molecule has 1 heterocycles. The molecule has 0 aliphatic carbocycles. The van der Waals surface area contributed by atoms with Crippen LogP contribution in [0.15, 0.2) is 23.2 Å². The Morgan fingerprint density at radius 2 is 2.11 bits per heavy atom. The predicted molar refractivity (Wildman–Crippen MR) is 71.4 cm³/mol. The second-order valence-electron chi connectivity index (χ2n) is 4.36. The molecule has 6 heteroatoms. The van der Waals surface area contributed by atoms with Gasteiger partial charge in [-0.05, 0) is 32.4 Å². The minimum atomic E-state index is -3.51. The number of hydrogen-bond acceptors (Lipinski definition) is 4. The molecule has 1 rings (SSSR count). The predicted octanol–water partition coefficient (Wildman–Crippen LogP) is 1.35. The fourth-order valence-corrected chi connectivity index (χ4v) is 3.73. The smallest absolute Gasteiger partial charge is 0.245 e. The van der Waals surface area contributed by atoms with Crippen LogP contribution in [-0.2, 0) is 16.6 Å². The molecule has 1 aromatic rings. The molecule has 0 fully saturated rings. The van der Waals surface area contributed by atoms with Gasteiger partial charge in [0, 0.05) is 25.3 Å². The first-order valence-electron chi connectivity index (χ1n) is 6.11. The van der Waals surface area contributed by atoms with Gasteiger partial charge in [0.2, 0.25) is 10.0 Å². The molecule has 0 aromatic carbocycles. The lowest BCUT2D eigenvalue weighted by molar-refractivity contribution is 0.353. The lowest BCUT2D eigenvalue weighted by Crippen LogP contribution is -2.38. The molecule has 1 aromatic heterocycles. The summed E-state index contributed by atoms with van der Waals surface area (Å²) >= 11 is 0. The van der Waals surface area contributed by atoms with E-state index in [-0.39, 0.29) is 17.5 Å². The molecule has 0 aliphatic heterocycles. The van der Waals surface area contributed by atoms with Gasteiger partial charge in [-0.3, -0.25) is 4.98 Å². The summed E-state index contributed by atoms with van der Waals surface area (Å²) in [7, 11) is -3.51. The molecule has 0 unspecified atom stereocenters. The Morgan fingerprint density at radius 1 is 1.44 bits per heavy atom. The minimum absolute atomic E-state index is 0.0826. The van der Waals surface area contributed by atoms with Crippen molar-refractivity contribution in [3.05, 3.63) is 24.0 Å². The van der Waals surface area contributed by atoms with Crippen molar-refractivity contribution >= 4 is 10.0 Å². The largest absolute Gasteiger partial charge is 0.325 e. The zero-order valence-electron chi connectivity index (χ0n) is 11.1. The fraction of sp³-hybridized carbons (Fsp3) is 0.583. The van der Waals surface area contributed by atoms with E-state index in [1.54, 1.807) is 18.3 Å². The molecule has 0 radical (unpaired) electrons. The summed E-state index contributed by atoms with van der Waals surface area (Å²) in [5.41, 5.74) is 5.97. The van der Waals surface area contributed by atoms with Crippen LogP contribution in [0.4, 0.5) is 0 Å². The van der Waals surface area contributed by atoms with E-state index in [0.29, 0.717) is 12.2 Å². The van der Waals surface area contributed by atoms with Gasteiger partial charge in [-0.1, -0.05) is 6.92 Å². The lowest BCUT2D eigenvalue weighted by atomic mass is 10.3. The molecule has 5 nitrogen and oxygen atoms in total. The maximum Gasteiger partial charge on any atom is 0.245 e. The summed E-state index contributed by atoms with van der Waals surface area (Å²) in [5.74, 6) is 0. The van der Waals surface area contributed by atoms with E-state index in [0.717, 1.165) is 6.42 Å². The summed E-state index contributed by atoms with van der Waals surface area (Å²) in [4.78, 5) is 4.25. The van der Waals surface area contributed by atoms with Gasteiger partial charge in [0.1, 0.15) is 4.90 Å². The van der Waals surface area contributed by atoms with E-state index in [9.17, 15) is 8.42 Å². The third-order valence-electron chi connectivity index (χ3n) is 2.65. The van der Waals surface area contributed by atoms with Gasteiger partial charge in [0.05, 0.1) is 5.69 Å². The molecule has 0 saturated heterocycles. The lowest BCUT2D eigenvalue weighted by Gasteiger charge is -2.26. The molecule has 0 bridgehead atoms. The van der Waals surface area contributed by atoms with Crippen molar-refractivity contribution < 1.29 is 8.42 Å². The molecule has 0 saturated carbocycles. The summed E-state index contributed by atoms with van der Waals surface area (Å²) in [6.07, 6.45) is 2.33. The van der Waals surface area contributed by atoms with Crippen molar-refractivity contribution in [2.24, 2.45) is 5.73 Å². The van der Waals surface area contributed by atoms with Gasteiger partial charge in [-0.15, -0.1) is 0 Å². The first-order chi connectivity index (χ1) is 8.45. The van der Waals surface area contributed by atoms with Crippen LogP contribution in [0.2, 0.25) is 0 Å².